The van der Waals surface area contributed by atoms with Gasteiger partial charge in [-0.15, -0.1) is 0 Å². The van der Waals surface area contributed by atoms with Crippen LogP contribution in [0.25, 0.3) is 0 Å². The Morgan fingerprint density at radius 1 is 1.22 bits per heavy atom. The van der Waals surface area contributed by atoms with Crippen LogP contribution in [-0.2, 0) is 4.79 Å². The van der Waals surface area contributed by atoms with Crippen LogP contribution in [0.4, 0.5) is 4.79 Å². The molecule has 0 radical (unpaired) electrons. The van der Waals surface area contributed by atoms with Gasteiger partial charge in [-0.25, -0.2) is 4.79 Å². The summed E-state index contributed by atoms with van der Waals surface area (Å²) in [5, 5.41) is 8.79. The third-order valence-electron chi connectivity index (χ3n) is 3.08. The Kier molecular flexibility index (Phi) is 5.40. The first-order chi connectivity index (χ1) is 8.45. The fourth-order valence-electron chi connectivity index (χ4n) is 1.88. The zero-order valence-electron chi connectivity index (χ0n) is 11.4. The largest absolute Gasteiger partial charge is 0.481 e. The van der Waals surface area contributed by atoms with Crippen LogP contribution in [0.1, 0.15) is 13.3 Å². The lowest BCUT2D eigenvalue weighted by atomic mass is 10.0. The normalized spacial score (nSPS) is 15.7. The zero-order valence-corrected chi connectivity index (χ0v) is 11.4. The predicted octanol–water partition coefficient (Wildman–Crippen LogP) is 0.396. The second kappa shape index (κ2) is 6.58. The second-order valence-corrected chi connectivity index (χ2v) is 5.01. The van der Waals surface area contributed by atoms with E-state index in [9.17, 15) is 9.59 Å². The van der Waals surface area contributed by atoms with Gasteiger partial charge in [-0.2, -0.15) is 0 Å². The van der Waals surface area contributed by atoms with E-state index in [1.54, 1.807) is 9.80 Å². The van der Waals surface area contributed by atoms with Crippen LogP contribution < -0.4 is 0 Å². The van der Waals surface area contributed by atoms with Crippen molar-refractivity contribution in [1.82, 2.24) is 14.7 Å². The van der Waals surface area contributed by atoms with Crippen molar-refractivity contribution in [2.75, 3.05) is 46.8 Å². The minimum atomic E-state index is -0.811. The standard InChI is InChI=1S/C12H23N3O3/c1-4-5-14(7-6-13(2)3)12(18)15-8-10(9-15)11(16)17/h10H,4-9H2,1-3H3,(H,16,17). The Hall–Kier alpha value is -1.30. The van der Waals surface area contributed by atoms with E-state index in [2.05, 4.69) is 0 Å². The van der Waals surface area contributed by atoms with Crippen molar-refractivity contribution in [2.24, 2.45) is 5.92 Å². The molecule has 0 atom stereocenters. The van der Waals surface area contributed by atoms with Crippen molar-refractivity contribution in [2.45, 2.75) is 13.3 Å². The highest BCUT2D eigenvalue weighted by Crippen LogP contribution is 2.17. The summed E-state index contributed by atoms with van der Waals surface area (Å²) in [4.78, 5) is 28.3. The number of hydrogen-bond acceptors (Lipinski definition) is 3. The number of nitrogens with zero attached hydrogens (tertiary/aromatic N) is 3. The Bertz CT molecular complexity index is 301. The molecule has 0 aromatic heterocycles. The Balaban J connectivity index is 2.43. The molecule has 0 aromatic carbocycles. The van der Waals surface area contributed by atoms with Crippen molar-refractivity contribution < 1.29 is 14.7 Å². The minimum Gasteiger partial charge on any atom is -0.481 e. The molecular formula is C12H23N3O3. The Labute approximate surface area is 108 Å². The summed E-state index contributed by atoms with van der Waals surface area (Å²) in [6.07, 6.45) is 0.912. The molecular weight excluding hydrogens is 234 g/mol. The van der Waals surface area contributed by atoms with Gasteiger partial charge in [0.1, 0.15) is 0 Å². The summed E-state index contributed by atoms with van der Waals surface area (Å²) in [6, 6.07) is -0.0313. The van der Waals surface area contributed by atoms with Crippen molar-refractivity contribution in [3.05, 3.63) is 0 Å². The molecule has 1 N–H and O–H groups in total. The molecule has 0 saturated carbocycles. The van der Waals surface area contributed by atoms with Crippen molar-refractivity contribution in [1.29, 1.82) is 0 Å². The quantitative estimate of drug-likeness (QED) is 0.748. The highest BCUT2D eigenvalue weighted by molar-refractivity contribution is 5.79. The van der Waals surface area contributed by atoms with Crippen molar-refractivity contribution >= 4 is 12.0 Å². The first-order valence-electron chi connectivity index (χ1n) is 6.37. The van der Waals surface area contributed by atoms with E-state index < -0.39 is 5.97 Å². The van der Waals surface area contributed by atoms with Gasteiger partial charge in [-0.1, -0.05) is 6.92 Å². The summed E-state index contributed by atoms with van der Waals surface area (Å²) < 4.78 is 0. The lowest BCUT2D eigenvalue weighted by Gasteiger charge is -2.40. The van der Waals surface area contributed by atoms with Crippen LogP contribution >= 0.6 is 0 Å². The summed E-state index contributed by atoms with van der Waals surface area (Å²) in [5.74, 6) is -1.19. The number of carboxylic acids is 1. The average molecular weight is 257 g/mol. The smallest absolute Gasteiger partial charge is 0.320 e. The van der Waals surface area contributed by atoms with E-state index >= 15 is 0 Å². The molecule has 1 heterocycles. The number of rotatable bonds is 6. The maximum absolute atomic E-state index is 12.1. The number of hydrogen-bond donors (Lipinski definition) is 1. The molecule has 1 aliphatic rings. The maximum Gasteiger partial charge on any atom is 0.320 e. The predicted molar refractivity (Wildman–Crippen MR) is 68.5 cm³/mol. The Morgan fingerprint density at radius 3 is 2.28 bits per heavy atom. The van der Waals surface area contributed by atoms with E-state index in [4.69, 9.17) is 5.11 Å². The van der Waals surface area contributed by atoms with Gasteiger partial charge in [0.25, 0.3) is 0 Å². The number of aliphatic carboxylic acids is 1. The first kappa shape index (κ1) is 14.8. The van der Waals surface area contributed by atoms with Crippen LogP contribution in [0.15, 0.2) is 0 Å². The molecule has 1 saturated heterocycles. The molecule has 0 aromatic rings. The van der Waals surface area contributed by atoms with Crippen LogP contribution in [0.2, 0.25) is 0 Å². The number of carbonyl (C=O) groups is 2. The van der Waals surface area contributed by atoms with Crippen molar-refractivity contribution in [3.8, 4) is 0 Å². The highest BCUT2D eigenvalue weighted by atomic mass is 16.4. The molecule has 0 aliphatic carbocycles. The number of carboxylic acid groups (broad SMARTS) is 1. The molecule has 1 rings (SSSR count). The molecule has 6 heteroatoms. The third kappa shape index (κ3) is 3.87. The molecule has 1 aliphatic heterocycles. The van der Waals surface area contributed by atoms with Gasteiger partial charge in [-0.05, 0) is 20.5 Å². The average Bonchev–Trinajstić information content (AvgIpc) is 2.20. The van der Waals surface area contributed by atoms with Gasteiger partial charge in [0.05, 0.1) is 5.92 Å². The second-order valence-electron chi connectivity index (χ2n) is 5.01. The van der Waals surface area contributed by atoms with Crippen LogP contribution in [0.5, 0.6) is 0 Å². The van der Waals surface area contributed by atoms with Crippen LogP contribution in [0.3, 0.4) is 0 Å². The molecule has 18 heavy (non-hydrogen) atoms. The van der Waals surface area contributed by atoms with E-state index in [0.29, 0.717) is 19.6 Å². The van der Waals surface area contributed by atoms with E-state index in [-0.39, 0.29) is 11.9 Å². The van der Waals surface area contributed by atoms with E-state index in [0.717, 1.165) is 19.5 Å². The van der Waals surface area contributed by atoms with E-state index in [1.165, 1.54) is 0 Å². The molecule has 1 fully saturated rings. The highest BCUT2D eigenvalue weighted by Gasteiger charge is 2.37. The summed E-state index contributed by atoms with van der Waals surface area (Å²) in [7, 11) is 3.94. The molecule has 104 valence electrons. The first-order valence-corrected chi connectivity index (χ1v) is 6.37. The summed E-state index contributed by atoms with van der Waals surface area (Å²) >= 11 is 0. The zero-order chi connectivity index (χ0) is 13.7. The third-order valence-corrected chi connectivity index (χ3v) is 3.08. The molecule has 6 nitrogen and oxygen atoms in total. The number of carbonyl (C=O) groups excluding carboxylic acids is 1. The fraction of sp³-hybridized carbons (Fsp3) is 0.833. The van der Waals surface area contributed by atoms with Gasteiger partial charge < -0.3 is 19.8 Å². The van der Waals surface area contributed by atoms with Gasteiger partial charge >= 0.3 is 12.0 Å². The van der Waals surface area contributed by atoms with Gasteiger partial charge in [0.2, 0.25) is 0 Å². The number of likely N-dealkylation sites (tertiary alicyclic amines) is 1. The maximum atomic E-state index is 12.1. The number of amides is 2. The summed E-state index contributed by atoms with van der Waals surface area (Å²) in [6.45, 7) is 4.95. The topological polar surface area (TPSA) is 64.1 Å². The van der Waals surface area contributed by atoms with Gasteiger partial charge in [0.15, 0.2) is 0 Å². The molecule has 0 bridgehead atoms. The van der Waals surface area contributed by atoms with Crippen LogP contribution in [-0.4, -0.2) is 78.6 Å². The van der Waals surface area contributed by atoms with Gasteiger partial charge in [-0.3, -0.25) is 4.79 Å². The lowest BCUT2D eigenvalue weighted by Crippen LogP contribution is -2.57. The molecule has 0 spiro atoms. The molecule has 0 unspecified atom stereocenters. The molecule has 2 amide bonds. The fourth-order valence-corrected chi connectivity index (χ4v) is 1.88. The lowest BCUT2D eigenvalue weighted by molar-refractivity contribution is -0.146. The number of urea groups is 1. The monoisotopic (exact) mass is 257 g/mol. The van der Waals surface area contributed by atoms with Crippen LogP contribution in [0, 0.1) is 5.92 Å². The minimum absolute atomic E-state index is 0.0313. The SMILES string of the molecule is CCCN(CCN(C)C)C(=O)N1CC(C(=O)O)C1. The van der Waals surface area contributed by atoms with Crippen molar-refractivity contribution in [3.63, 3.8) is 0 Å². The van der Waals surface area contributed by atoms with Gasteiger partial charge in [0, 0.05) is 32.7 Å². The van der Waals surface area contributed by atoms with E-state index in [1.807, 2.05) is 25.9 Å². The summed E-state index contributed by atoms with van der Waals surface area (Å²) in [5.41, 5.74) is 0. The number of likely N-dealkylation sites (N-methyl/N-ethyl adjacent to an activating group) is 1. The Morgan fingerprint density at radius 2 is 1.83 bits per heavy atom.